The van der Waals surface area contributed by atoms with Crippen molar-refractivity contribution in [3.8, 4) is 11.3 Å². The molecule has 1 amide bonds. The molecule has 26 heavy (non-hydrogen) atoms. The first-order valence-corrected chi connectivity index (χ1v) is 7.76. The highest BCUT2D eigenvalue weighted by molar-refractivity contribution is 5.91. The van der Waals surface area contributed by atoms with Crippen molar-refractivity contribution in [3.63, 3.8) is 0 Å². The van der Waals surface area contributed by atoms with Crippen LogP contribution in [0.3, 0.4) is 0 Å². The Morgan fingerprint density at radius 1 is 1.15 bits per heavy atom. The number of rotatable bonds is 4. The summed E-state index contributed by atoms with van der Waals surface area (Å²) < 4.78 is 44.0. The zero-order valence-electron chi connectivity index (χ0n) is 13.8. The van der Waals surface area contributed by atoms with Gasteiger partial charge in [-0.1, -0.05) is 18.2 Å². The number of furan rings is 1. The SMILES string of the molecule is CN(Cc1cccnc1)C(=O)c1ccc(-c2cccc(C(F)(F)F)c2)o1. The summed E-state index contributed by atoms with van der Waals surface area (Å²) in [5.74, 6) is -0.106. The van der Waals surface area contributed by atoms with Crippen LogP contribution < -0.4 is 0 Å². The van der Waals surface area contributed by atoms with Crippen molar-refractivity contribution in [2.24, 2.45) is 0 Å². The Morgan fingerprint density at radius 2 is 1.96 bits per heavy atom. The van der Waals surface area contributed by atoms with Crippen LogP contribution in [-0.2, 0) is 12.7 Å². The molecule has 2 heterocycles. The van der Waals surface area contributed by atoms with E-state index in [1.165, 1.54) is 29.2 Å². The summed E-state index contributed by atoms with van der Waals surface area (Å²) in [5.41, 5.74) is 0.342. The number of hydrogen-bond acceptors (Lipinski definition) is 3. The summed E-state index contributed by atoms with van der Waals surface area (Å²) in [5, 5.41) is 0. The molecule has 134 valence electrons. The van der Waals surface area contributed by atoms with Gasteiger partial charge in [0.25, 0.3) is 5.91 Å². The van der Waals surface area contributed by atoms with Crippen molar-refractivity contribution in [2.75, 3.05) is 7.05 Å². The van der Waals surface area contributed by atoms with Crippen LogP contribution in [0.5, 0.6) is 0 Å². The predicted molar refractivity (Wildman–Crippen MR) is 89.2 cm³/mol. The average molecular weight is 360 g/mol. The summed E-state index contributed by atoms with van der Waals surface area (Å²) in [4.78, 5) is 17.9. The van der Waals surface area contributed by atoms with Gasteiger partial charge in [0, 0.05) is 31.5 Å². The van der Waals surface area contributed by atoms with Crippen LogP contribution in [0.15, 0.2) is 65.3 Å². The van der Waals surface area contributed by atoms with Crippen LogP contribution in [0.2, 0.25) is 0 Å². The zero-order valence-corrected chi connectivity index (χ0v) is 13.8. The Morgan fingerprint density at radius 3 is 2.65 bits per heavy atom. The van der Waals surface area contributed by atoms with Gasteiger partial charge in [0.15, 0.2) is 5.76 Å². The third-order valence-electron chi connectivity index (χ3n) is 3.78. The molecule has 0 N–H and O–H groups in total. The summed E-state index contributed by atoms with van der Waals surface area (Å²) in [6, 6.07) is 11.3. The van der Waals surface area contributed by atoms with Crippen LogP contribution in [0.1, 0.15) is 21.7 Å². The molecule has 0 fully saturated rings. The van der Waals surface area contributed by atoms with E-state index in [2.05, 4.69) is 4.98 Å². The van der Waals surface area contributed by atoms with E-state index in [9.17, 15) is 18.0 Å². The van der Waals surface area contributed by atoms with E-state index in [0.717, 1.165) is 17.7 Å². The standard InChI is InChI=1S/C19H15F3N2O2/c1-24(12-13-4-3-9-23-11-13)18(25)17-8-7-16(26-17)14-5-2-6-15(10-14)19(20,21)22/h2-11H,12H2,1H3. The van der Waals surface area contributed by atoms with Gasteiger partial charge in [-0.25, -0.2) is 0 Å². The zero-order chi connectivity index (χ0) is 18.7. The van der Waals surface area contributed by atoms with Crippen molar-refractivity contribution < 1.29 is 22.4 Å². The van der Waals surface area contributed by atoms with Gasteiger partial charge >= 0.3 is 6.18 Å². The Hall–Kier alpha value is -3.09. The molecule has 0 bridgehead atoms. The molecule has 0 aliphatic rings. The summed E-state index contributed by atoms with van der Waals surface area (Å²) in [6.45, 7) is 0.340. The highest BCUT2D eigenvalue weighted by Gasteiger charge is 2.30. The maximum absolute atomic E-state index is 12.8. The molecule has 1 aromatic carbocycles. The first-order chi connectivity index (χ1) is 12.3. The van der Waals surface area contributed by atoms with Gasteiger partial charge in [-0.2, -0.15) is 13.2 Å². The third kappa shape index (κ3) is 3.93. The van der Waals surface area contributed by atoms with Crippen LogP contribution in [-0.4, -0.2) is 22.8 Å². The predicted octanol–water partition coefficient (Wildman–Crippen LogP) is 4.63. The molecule has 0 radical (unpaired) electrons. The molecular weight excluding hydrogens is 345 g/mol. The largest absolute Gasteiger partial charge is 0.451 e. The molecule has 0 spiro atoms. The van der Waals surface area contributed by atoms with E-state index in [1.54, 1.807) is 25.5 Å². The van der Waals surface area contributed by atoms with Crippen LogP contribution in [0.4, 0.5) is 13.2 Å². The van der Waals surface area contributed by atoms with E-state index in [-0.39, 0.29) is 23.0 Å². The smallest absolute Gasteiger partial charge is 0.416 e. The second-order valence-electron chi connectivity index (χ2n) is 5.76. The van der Waals surface area contributed by atoms with Crippen molar-refractivity contribution in [3.05, 3.63) is 77.8 Å². The Kier molecular flexibility index (Phi) is 4.79. The molecule has 0 unspecified atom stereocenters. The average Bonchev–Trinajstić information content (AvgIpc) is 3.11. The molecule has 0 aliphatic carbocycles. The van der Waals surface area contributed by atoms with Gasteiger partial charge in [0.2, 0.25) is 0 Å². The molecule has 0 saturated heterocycles. The number of alkyl halides is 3. The molecule has 7 heteroatoms. The number of halogens is 3. The molecule has 2 aromatic heterocycles. The number of hydrogen-bond donors (Lipinski definition) is 0. The minimum atomic E-state index is -4.44. The molecular formula is C19H15F3N2O2. The topological polar surface area (TPSA) is 46.3 Å². The normalized spacial score (nSPS) is 11.4. The van der Waals surface area contributed by atoms with Gasteiger partial charge < -0.3 is 9.32 Å². The van der Waals surface area contributed by atoms with Crippen LogP contribution in [0.25, 0.3) is 11.3 Å². The fourth-order valence-electron chi connectivity index (χ4n) is 2.48. The molecule has 3 rings (SSSR count). The third-order valence-corrected chi connectivity index (χ3v) is 3.78. The van der Waals surface area contributed by atoms with E-state index in [4.69, 9.17) is 4.42 Å². The number of nitrogens with zero attached hydrogens (tertiary/aromatic N) is 2. The Labute approximate surface area is 147 Å². The van der Waals surface area contributed by atoms with Crippen molar-refractivity contribution >= 4 is 5.91 Å². The van der Waals surface area contributed by atoms with E-state index < -0.39 is 11.7 Å². The first kappa shape index (κ1) is 17.7. The van der Waals surface area contributed by atoms with Crippen molar-refractivity contribution in [1.29, 1.82) is 0 Å². The van der Waals surface area contributed by atoms with Crippen molar-refractivity contribution in [1.82, 2.24) is 9.88 Å². The lowest BCUT2D eigenvalue weighted by Crippen LogP contribution is -2.25. The number of aromatic nitrogens is 1. The fourth-order valence-corrected chi connectivity index (χ4v) is 2.48. The van der Waals surface area contributed by atoms with E-state index in [1.807, 2.05) is 6.07 Å². The Balaban J connectivity index is 1.78. The van der Waals surface area contributed by atoms with Crippen molar-refractivity contribution in [2.45, 2.75) is 12.7 Å². The van der Waals surface area contributed by atoms with E-state index in [0.29, 0.717) is 6.54 Å². The van der Waals surface area contributed by atoms with Crippen LogP contribution >= 0.6 is 0 Å². The van der Waals surface area contributed by atoms with Gasteiger partial charge in [0.05, 0.1) is 5.56 Å². The quantitative estimate of drug-likeness (QED) is 0.681. The first-order valence-electron chi connectivity index (χ1n) is 7.76. The lowest BCUT2D eigenvalue weighted by atomic mass is 10.1. The number of carbonyl (C=O) groups excluding carboxylic acids is 1. The monoisotopic (exact) mass is 360 g/mol. The lowest BCUT2D eigenvalue weighted by molar-refractivity contribution is -0.137. The number of pyridine rings is 1. The van der Waals surface area contributed by atoms with Crippen LogP contribution in [0, 0.1) is 0 Å². The second-order valence-corrected chi connectivity index (χ2v) is 5.76. The Bertz CT molecular complexity index is 904. The number of amides is 1. The highest BCUT2D eigenvalue weighted by Crippen LogP contribution is 2.32. The minimum absolute atomic E-state index is 0.0591. The highest BCUT2D eigenvalue weighted by atomic mass is 19.4. The molecule has 3 aromatic rings. The van der Waals surface area contributed by atoms with E-state index >= 15 is 0 Å². The van der Waals surface area contributed by atoms with Gasteiger partial charge in [-0.05, 0) is 35.9 Å². The molecule has 0 atom stereocenters. The van der Waals surface area contributed by atoms with Gasteiger partial charge in [0.1, 0.15) is 5.76 Å². The minimum Gasteiger partial charge on any atom is -0.451 e. The number of carbonyl (C=O) groups is 1. The lowest BCUT2D eigenvalue weighted by Gasteiger charge is -2.15. The molecule has 4 nitrogen and oxygen atoms in total. The fraction of sp³-hybridized carbons (Fsp3) is 0.158. The number of benzene rings is 1. The van der Waals surface area contributed by atoms with Gasteiger partial charge in [-0.3, -0.25) is 9.78 Å². The molecule has 0 saturated carbocycles. The summed E-state index contributed by atoms with van der Waals surface area (Å²) in [6.07, 6.45) is -1.15. The maximum atomic E-state index is 12.8. The van der Waals surface area contributed by atoms with Gasteiger partial charge in [-0.15, -0.1) is 0 Å². The maximum Gasteiger partial charge on any atom is 0.416 e. The summed E-state index contributed by atoms with van der Waals surface area (Å²) >= 11 is 0. The second kappa shape index (κ2) is 7.03. The molecule has 0 aliphatic heterocycles. The summed E-state index contributed by atoms with van der Waals surface area (Å²) in [7, 11) is 1.61.